The highest BCUT2D eigenvalue weighted by atomic mass is 32.2. The Kier molecular flexibility index (Phi) is 5.87. The summed E-state index contributed by atoms with van der Waals surface area (Å²) in [6.45, 7) is 1.39. The lowest BCUT2D eigenvalue weighted by Crippen LogP contribution is -2.41. The maximum Gasteiger partial charge on any atom is 0.316 e. The molecule has 106 valence electrons. The van der Waals surface area contributed by atoms with E-state index >= 15 is 0 Å². The van der Waals surface area contributed by atoms with Crippen LogP contribution >= 0.6 is 0 Å². The molecule has 0 aliphatic carbocycles. The Morgan fingerprint density at radius 3 is 2.22 bits per heavy atom. The van der Waals surface area contributed by atoms with Crippen LogP contribution in [-0.2, 0) is 10.0 Å². The van der Waals surface area contributed by atoms with Crippen LogP contribution in [0.2, 0.25) is 0 Å². The maximum atomic E-state index is 12.1. The van der Waals surface area contributed by atoms with Gasteiger partial charge in [-0.05, 0) is 12.8 Å². The number of carbonyl (C=O) groups is 1. The number of amides is 2. The van der Waals surface area contributed by atoms with Crippen LogP contribution in [0.25, 0.3) is 0 Å². The molecule has 1 N–H and O–H groups in total. The molecule has 7 heteroatoms. The molecule has 0 aromatic heterocycles. The average Bonchev–Trinajstić information content (AvgIpc) is 2.57. The van der Waals surface area contributed by atoms with Gasteiger partial charge in [0.1, 0.15) is 0 Å². The first-order valence-corrected chi connectivity index (χ1v) is 7.97. The van der Waals surface area contributed by atoms with Crippen molar-refractivity contribution in [2.45, 2.75) is 25.7 Å². The molecular formula is C11H23N3O3S. The second-order valence-electron chi connectivity index (χ2n) is 4.76. The van der Waals surface area contributed by atoms with Gasteiger partial charge in [-0.3, -0.25) is 0 Å². The highest BCUT2D eigenvalue weighted by molar-refractivity contribution is 7.89. The van der Waals surface area contributed by atoms with Crippen molar-refractivity contribution in [3.8, 4) is 0 Å². The molecule has 1 heterocycles. The Balaban J connectivity index is 2.41. The van der Waals surface area contributed by atoms with Gasteiger partial charge < -0.3 is 10.2 Å². The van der Waals surface area contributed by atoms with Gasteiger partial charge in [0, 0.05) is 33.7 Å². The van der Waals surface area contributed by atoms with Crippen LogP contribution in [0.1, 0.15) is 25.7 Å². The lowest BCUT2D eigenvalue weighted by molar-refractivity contribution is 0.218. The molecule has 0 spiro atoms. The van der Waals surface area contributed by atoms with Gasteiger partial charge in [0.15, 0.2) is 0 Å². The van der Waals surface area contributed by atoms with Crippen molar-refractivity contribution >= 4 is 16.1 Å². The number of carbonyl (C=O) groups excluding carboxylic acids is 1. The lowest BCUT2D eigenvalue weighted by atomic mass is 10.2. The standard InChI is InChI=1S/C11H23N3O3S/c1-13(2)11(15)12-7-10-18(16,17)14-8-5-3-4-6-9-14/h3-10H2,1-2H3,(H,12,15). The molecule has 2 amide bonds. The smallest absolute Gasteiger partial charge is 0.316 e. The summed E-state index contributed by atoms with van der Waals surface area (Å²) in [5, 5.41) is 2.57. The van der Waals surface area contributed by atoms with Crippen LogP contribution in [0.4, 0.5) is 4.79 Å². The summed E-state index contributed by atoms with van der Waals surface area (Å²) < 4.78 is 25.7. The topological polar surface area (TPSA) is 69.7 Å². The summed E-state index contributed by atoms with van der Waals surface area (Å²) in [5.41, 5.74) is 0. The SMILES string of the molecule is CN(C)C(=O)NCCS(=O)(=O)N1CCCCCC1. The summed E-state index contributed by atoms with van der Waals surface area (Å²) in [6.07, 6.45) is 4.07. The first-order valence-electron chi connectivity index (χ1n) is 6.36. The highest BCUT2D eigenvalue weighted by Crippen LogP contribution is 2.13. The molecule has 18 heavy (non-hydrogen) atoms. The van der Waals surface area contributed by atoms with Gasteiger partial charge in [0.2, 0.25) is 10.0 Å². The number of nitrogens with zero attached hydrogens (tertiary/aromatic N) is 2. The molecule has 1 fully saturated rings. The first kappa shape index (κ1) is 15.2. The van der Waals surface area contributed by atoms with Crippen molar-refractivity contribution < 1.29 is 13.2 Å². The van der Waals surface area contributed by atoms with Gasteiger partial charge >= 0.3 is 6.03 Å². The predicted octanol–water partition coefficient (Wildman–Crippen LogP) is 0.463. The summed E-state index contributed by atoms with van der Waals surface area (Å²) in [6, 6.07) is -0.263. The molecule has 1 aliphatic heterocycles. The number of nitrogens with one attached hydrogen (secondary N) is 1. The van der Waals surface area contributed by atoms with E-state index in [1.807, 2.05) is 0 Å². The normalized spacial score (nSPS) is 18.1. The minimum atomic E-state index is -3.23. The van der Waals surface area contributed by atoms with E-state index in [2.05, 4.69) is 5.32 Å². The first-order chi connectivity index (χ1) is 8.43. The number of hydrogen-bond donors (Lipinski definition) is 1. The molecule has 0 saturated carbocycles. The Hall–Kier alpha value is -0.820. The van der Waals surface area contributed by atoms with Crippen LogP contribution in [0.5, 0.6) is 0 Å². The molecular weight excluding hydrogens is 254 g/mol. The second kappa shape index (κ2) is 6.94. The van der Waals surface area contributed by atoms with Gasteiger partial charge in [-0.25, -0.2) is 17.5 Å². The van der Waals surface area contributed by atoms with Crippen LogP contribution in [0, 0.1) is 0 Å². The third-order valence-electron chi connectivity index (χ3n) is 3.00. The van der Waals surface area contributed by atoms with Crippen molar-refractivity contribution in [2.24, 2.45) is 0 Å². The minimum Gasteiger partial charge on any atom is -0.337 e. The van der Waals surface area contributed by atoms with Crippen molar-refractivity contribution in [1.29, 1.82) is 0 Å². The van der Waals surface area contributed by atoms with E-state index in [9.17, 15) is 13.2 Å². The van der Waals surface area contributed by atoms with Gasteiger partial charge in [-0.15, -0.1) is 0 Å². The Labute approximate surface area is 109 Å². The van der Waals surface area contributed by atoms with Crippen LogP contribution in [0.15, 0.2) is 0 Å². The molecule has 1 rings (SSSR count). The zero-order valence-corrected chi connectivity index (χ0v) is 12.0. The van der Waals surface area contributed by atoms with E-state index in [1.54, 1.807) is 18.4 Å². The fourth-order valence-electron chi connectivity index (χ4n) is 1.89. The fraction of sp³-hybridized carbons (Fsp3) is 0.909. The van der Waals surface area contributed by atoms with Crippen LogP contribution in [0.3, 0.4) is 0 Å². The molecule has 0 bridgehead atoms. The average molecular weight is 277 g/mol. The third kappa shape index (κ3) is 4.81. The van der Waals surface area contributed by atoms with Gasteiger partial charge in [-0.1, -0.05) is 12.8 Å². The predicted molar refractivity (Wildman–Crippen MR) is 70.9 cm³/mol. The van der Waals surface area contributed by atoms with E-state index in [-0.39, 0.29) is 18.3 Å². The summed E-state index contributed by atoms with van der Waals surface area (Å²) in [4.78, 5) is 12.7. The van der Waals surface area contributed by atoms with Crippen LogP contribution in [-0.4, -0.2) is 63.1 Å². The quantitative estimate of drug-likeness (QED) is 0.812. The fourth-order valence-corrected chi connectivity index (χ4v) is 3.33. The summed E-state index contributed by atoms with van der Waals surface area (Å²) >= 11 is 0. The maximum absolute atomic E-state index is 12.1. The molecule has 0 aromatic rings. The van der Waals surface area contributed by atoms with Crippen molar-refractivity contribution in [2.75, 3.05) is 39.5 Å². The van der Waals surface area contributed by atoms with Crippen molar-refractivity contribution in [1.82, 2.24) is 14.5 Å². The number of rotatable bonds is 4. The molecule has 0 atom stereocenters. The largest absolute Gasteiger partial charge is 0.337 e. The van der Waals surface area contributed by atoms with Crippen LogP contribution < -0.4 is 5.32 Å². The highest BCUT2D eigenvalue weighted by Gasteiger charge is 2.22. The van der Waals surface area contributed by atoms with E-state index < -0.39 is 10.0 Å². The second-order valence-corrected chi connectivity index (χ2v) is 6.84. The van der Waals surface area contributed by atoms with E-state index in [4.69, 9.17) is 0 Å². The Morgan fingerprint density at radius 2 is 1.72 bits per heavy atom. The van der Waals surface area contributed by atoms with E-state index in [0.717, 1.165) is 25.7 Å². The lowest BCUT2D eigenvalue weighted by Gasteiger charge is -2.20. The van der Waals surface area contributed by atoms with E-state index in [0.29, 0.717) is 13.1 Å². The van der Waals surface area contributed by atoms with Crippen molar-refractivity contribution in [3.05, 3.63) is 0 Å². The molecule has 1 aliphatic rings. The Bertz CT molecular complexity index is 360. The zero-order valence-electron chi connectivity index (χ0n) is 11.2. The molecule has 0 unspecified atom stereocenters. The number of sulfonamides is 1. The summed E-state index contributed by atoms with van der Waals surface area (Å²) in [5.74, 6) is -0.0212. The van der Waals surface area contributed by atoms with Crippen molar-refractivity contribution in [3.63, 3.8) is 0 Å². The number of hydrogen-bond acceptors (Lipinski definition) is 3. The Morgan fingerprint density at radius 1 is 1.17 bits per heavy atom. The number of urea groups is 1. The van der Waals surface area contributed by atoms with Gasteiger partial charge in [0.05, 0.1) is 5.75 Å². The summed E-state index contributed by atoms with van der Waals surface area (Å²) in [7, 11) is 0.0193. The molecule has 0 aromatic carbocycles. The zero-order chi connectivity index (χ0) is 13.6. The molecule has 0 radical (unpaired) electrons. The van der Waals surface area contributed by atoms with E-state index in [1.165, 1.54) is 4.90 Å². The molecule has 1 saturated heterocycles. The third-order valence-corrected chi connectivity index (χ3v) is 4.87. The monoisotopic (exact) mass is 277 g/mol. The van der Waals surface area contributed by atoms with Gasteiger partial charge in [-0.2, -0.15) is 0 Å². The van der Waals surface area contributed by atoms with Gasteiger partial charge in [0.25, 0.3) is 0 Å². The molecule has 6 nitrogen and oxygen atoms in total. The minimum absolute atomic E-state index is 0.0212.